The van der Waals surface area contributed by atoms with Gasteiger partial charge in [0.05, 0.1) is 18.5 Å². The molecule has 0 aromatic heterocycles. The monoisotopic (exact) mass is 481 g/mol. The summed E-state index contributed by atoms with van der Waals surface area (Å²) in [6, 6.07) is 12.7. The lowest BCUT2D eigenvalue weighted by Crippen LogP contribution is -2.99. The summed E-state index contributed by atoms with van der Waals surface area (Å²) in [5, 5.41) is 23.1. The minimum atomic E-state index is -1.06. The van der Waals surface area contributed by atoms with Gasteiger partial charge in [0.2, 0.25) is 0 Å². The fourth-order valence-corrected chi connectivity index (χ4v) is 4.36. The van der Waals surface area contributed by atoms with Crippen molar-refractivity contribution in [3.63, 3.8) is 0 Å². The molecule has 8 nitrogen and oxygen atoms in total. The molecule has 3 aromatic carbocycles. The molecule has 1 unspecified atom stereocenters. The second-order valence-corrected chi connectivity index (χ2v) is 9.02. The summed E-state index contributed by atoms with van der Waals surface area (Å²) < 4.78 is 25.5. The fraction of sp³-hybridized carbons (Fsp3) is 0.269. The number of ether oxygens (including phenoxy) is 2. The summed E-state index contributed by atoms with van der Waals surface area (Å²) in [4.78, 5) is 14.7. The van der Waals surface area contributed by atoms with Gasteiger partial charge in [0, 0.05) is 36.4 Å². The summed E-state index contributed by atoms with van der Waals surface area (Å²) in [6.07, 6.45) is 0. The lowest BCUT2D eigenvalue weighted by atomic mass is 9.92. The largest absolute Gasteiger partial charge is 0.595 e. The molecule has 1 aliphatic rings. The highest BCUT2D eigenvalue weighted by Crippen LogP contribution is 2.44. The van der Waals surface area contributed by atoms with Gasteiger partial charge >= 0.3 is 0 Å². The number of rotatable bonds is 6. The van der Waals surface area contributed by atoms with Gasteiger partial charge in [-0.05, 0) is 56.2 Å². The summed E-state index contributed by atoms with van der Waals surface area (Å²) in [6.45, 7) is 5.47. The Morgan fingerprint density at radius 2 is 1.83 bits per heavy atom. The van der Waals surface area contributed by atoms with E-state index in [9.17, 15) is 19.6 Å². The molecule has 0 aliphatic carbocycles. The van der Waals surface area contributed by atoms with Gasteiger partial charge < -0.3 is 24.9 Å². The van der Waals surface area contributed by atoms with Gasteiger partial charge in [-0.25, -0.2) is 9.60 Å². The molecule has 0 radical (unpaired) electrons. The third-order valence-electron chi connectivity index (χ3n) is 6.17. The summed E-state index contributed by atoms with van der Waals surface area (Å²) >= 11 is 0. The topological polar surface area (TPSA) is 98.5 Å². The van der Waals surface area contributed by atoms with Crippen molar-refractivity contribution in [3.8, 4) is 22.6 Å². The number of anilines is 2. The van der Waals surface area contributed by atoms with E-state index >= 15 is 0 Å². The number of hydrogen-bond acceptors (Lipinski definition) is 6. The highest BCUT2D eigenvalue weighted by molar-refractivity contribution is 6.08. The zero-order valence-electron chi connectivity index (χ0n) is 20.2. The Kier molecular flexibility index (Phi) is 6.42. The lowest BCUT2D eigenvalue weighted by molar-refractivity contribution is -0.991. The van der Waals surface area contributed by atoms with Crippen molar-refractivity contribution in [1.29, 1.82) is 0 Å². The third kappa shape index (κ3) is 4.53. The molecule has 0 fully saturated rings. The first kappa shape index (κ1) is 24.5. The van der Waals surface area contributed by atoms with Crippen LogP contribution in [0.25, 0.3) is 11.1 Å². The highest BCUT2D eigenvalue weighted by atomic mass is 19.1. The van der Waals surface area contributed by atoms with Crippen LogP contribution in [0.1, 0.15) is 25.0 Å². The number of nitrogens with one attached hydrogen (secondary N) is 2. The molecule has 1 aliphatic heterocycles. The number of methoxy groups -OCH3 is 1. The minimum absolute atomic E-state index is 0.0304. The molecule has 1 amide bonds. The predicted octanol–water partition coefficient (Wildman–Crippen LogP) is 3.96. The van der Waals surface area contributed by atoms with Crippen LogP contribution in [0.3, 0.4) is 0 Å². The Hall–Kier alpha value is -3.66. The number of aryl methyl sites for hydroxylation is 1. The Labute approximate surface area is 203 Å². The average molecular weight is 482 g/mol. The van der Waals surface area contributed by atoms with E-state index in [0.29, 0.717) is 33.9 Å². The molecule has 1 atom stereocenters. The Bertz CT molecular complexity index is 1290. The van der Waals surface area contributed by atoms with E-state index in [-0.39, 0.29) is 18.2 Å². The van der Waals surface area contributed by atoms with Crippen molar-refractivity contribution in [2.75, 3.05) is 24.4 Å². The SMILES string of the molecule is COc1cc(F)ccc1-c1ccc2c(c1COc1cc([NH+]([O-])O)ccc1C)N(C)C(=O)C(C)(C)N2. The van der Waals surface area contributed by atoms with Gasteiger partial charge in [-0.15, -0.1) is 0 Å². The molecule has 35 heavy (non-hydrogen) atoms. The predicted molar refractivity (Wildman–Crippen MR) is 131 cm³/mol. The smallest absolute Gasteiger partial charge is 0.251 e. The van der Waals surface area contributed by atoms with Crippen LogP contribution >= 0.6 is 0 Å². The lowest BCUT2D eigenvalue weighted by Gasteiger charge is -2.39. The molecular weight excluding hydrogens is 453 g/mol. The number of nitrogens with zero attached hydrogens (tertiary/aromatic N) is 1. The number of benzene rings is 3. The Morgan fingerprint density at radius 1 is 1.11 bits per heavy atom. The van der Waals surface area contributed by atoms with Crippen molar-refractivity contribution in [2.24, 2.45) is 0 Å². The van der Waals surface area contributed by atoms with Gasteiger partial charge in [0.1, 0.15) is 29.5 Å². The van der Waals surface area contributed by atoms with Gasteiger partial charge in [-0.3, -0.25) is 4.79 Å². The second kappa shape index (κ2) is 9.18. The Morgan fingerprint density at radius 3 is 2.51 bits per heavy atom. The number of carbonyl (C=O) groups excluding carboxylic acids is 1. The zero-order chi connectivity index (χ0) is 25.5. The first-order valence-electron chi connectivity index (χ1n) is 11.1. The number of hydrogen-bond donors (Lipinski definition) is 3. The molecule has 3 N–H and O–H groups in total. The zero-order valence-corrected chi connectivity index (χ0v) is 20.2. The van der Waals surface area contributed by atoms with E-state index in [2.05, 4.69) is 5.32 Å². The maximum absolute atomic E-state index is 13.9. The molecular formula is C26H28FN3O5. The maximum atomic E-state index is 13.9. The van der Waals surface area contributed by atoms with Crippen LogP contribution in [0.15, 0.2) is 48.5 Å². The highest BCUT2D eigenvalue weighted by Gasteiger charge is 2.38. The molecule has 1 heterocycles. The van der Waals surface area contributed by atoms with E-state index in [4.69, 9.17) is 9.47 Å². The van der Waals surface area contributed by atoms with Crippen molar-refractivity contribution in [1.82, 2.24) is 0 Å². The average Bonchev–Trinajstić information content (AvgIpc) is 2.81. The van der Waals surface area contributed by atoms with E-state index < -0.39 is 16.6 Å². The van der Waals surface area contributed by atoms with E-state index in [0.717, 1.165) is 11.3 Å². The number of halogens is 1. The first-order valence-corrected chi connectivity index (χ1v) is 11.1. The van der Waals surface area contributed by atoms with Crippen molar-refractivity contribution in [2.45, 2.75) is 32.9 Å². The standard InChI is InChI=1S/C26H28FN3O5/c1-15-6-8-17(30(32)33)13-22(15)35-14-20-18(19-9-7-16(27)12-23(19)34-5)10-11-21-24(20)29(4)25(31)26(2,3)28-21/h6-13,28,30,32H,14H2,1-5H3. The van der Waals surface area contributed by atoms with E-state index in [1.54, 1.807) is 24.1 Å². The number of quaternary nitrogens is 1. The molecule has 4 rings (SSSR count). The van der Waals surface area contributed by atoms with Crippen LogP contribution < -0.4 is 24.9 Å². The van der Waals surface area contributed by atoms with Crippen molar-refractivity contribution < 1.29 is 29.1 Å². The van der Waals surface area contributed by atoms with E-state index in [1.165, 1.54) is 31.4 Å². The fourth-order valence-electron chi connectivity index (χ4n) is 4.36. The summed E-state index contributed by atoms with van der Waals surface area (Å²) in [7, 11) is 3.17. The van der Waals surface area contributed by atoms with Gasteiger partial charge in [-0.1, -0.05) is 6.07 Å². The van der Waals surface area contributed by atoms with Crippen LogP contribution in [-0.4, -0.2) is 30.8 Å². The number of carbonyl (C=O) groups is 1. The molecule has 184 valence electrons. The summed E-state index contributed by atoms with van der Waals surface area (Å²) in [5.41, 5.74) is 3.46. The second-order valence-electron chi connectivity index (χ2n) is 9.02. The van der Waals surface area contributed by atoms with Gasteiger partial charge in [0.25, 0.3) is 5.91 Å². The summed E-state index contributed by atoms with van der Waals surface area (Å²) in [5.74, 6) is 0.197. The van der Waals surface area contributed by atoms with Crippen LogP contribution in [0.2, 0.25) is 0 Å². The number of fused-ring (bicyclic) bond motifs is 1. The van der Waals surface area contributed by atoms with E-state index in [1.807, 2.05) is 32.9 Å². The maximum Gasteiger partial charge on any atom is 0.251 e. The van der Waals surface area contributed by atoms with Crippen LogP contribution in [0.4, 0.5) is 21.5 Å². The minimum Gasteiger partial charge on any atom is -0.595 e. The Balaban J connectivity index is 1.87. The van der Waals surface area contributed by atoms with Gasteiger partial charge in [-0.2, -0.15) is 5.23 Å². The van der Waals surface area contributed by atoms with Crippen LogP contribution in [-0.2, 0) is 11.4 Å². The number of amides is 1. The molecule has 0 spiro atoms. The van der Waals surface area contributed by atoms with Crippen LogP contribution in [0, 0.1) is 17.9 Å². The molecule has 0 saturated carbocycles. The molecule has 9 heteroatoms. The molecule has 0 saturated heterocycles. The third-order valence-corrected chi connectivity index (χ3v) is 6.17. The molecule has 0 bridgehead atoms. The van der Waals surface area contributed by atoms with Crippen molar-refractivity contribution >= 4 is 23.0 Å². The first-order chi connectivity index (χ1) is 16.5. The van der Waals surface area contributed by atoms with Crippen LogP contribution in [0.5, 0.6) is 11.5 Å². The van der Waals surface area contributed by atoms with Crippen molar-refractivity contribution in [3.05, 3.63) is 70.7 Å². The number of likely N-dealkylation sites (N-methyl/N-ethyl adjacent to an activating group) is 1. The van der Waals surface area contributed by atoms with Gasteiger partial charge in [0.15, 0.2) is 5.69 Å². The quantitative estimate of drug-likeness (QED) is 0.461. The normalized spacial score (nSPS) is 15.3. The molecule has 3 aromatic rings.